The average Bonchev–Trinajstić information content (AvgIpc) is 2.41. The Hall–Kier alpha value is 0.660. The molecule has 3 heteroatoms. The molecule has 0 aromatic rings. The van der Waals surface area contributed by atoms with Gasteiger partial charge in [0.25, 0.3) is 0 Å². The molecule has 0 unspecified atom stereocenters. The van der Waals surface area contributed by atoms with Gasteiger partial charge in [-0.15, -0.1) is 23.5 Å². The summed E-state index contributed by atoms with van der Waals surface area (Å²) in [6.07, 6.45) is 3.85. The number of hydrogen-bond acceptors (Lipinski definition) is 3. The van der Waals surface area contributed by atoms with Crippen molar-refractivity contribution in [2.45, 2.75) is 37.2 Å². The van der Waals surface area contributed by atoms with Crippen LogP contribution in [0.3, 0.4) is 0 Å². The Kier molecular flexibility index (Phi) is 3.12. The van der Waals surface area contributed by atoms with Crippen LogP contribution in [0.1, 0.15) is 33.1 Å². The van der Waals surface area contributed by atoms with Crippen molar-refractivity contribution < 1.29 is 5.11 Å². The molecule has 1 aliphatic heterocycles. The highest BCUT2D eigenvalue weighted by Gasteiger charge is 2.51. The van der Waals surface area contributed by atoms with Crippen LogP contribution in [0.5, 0.6) is 0 Å². The third kappa shape index (κ3) is 1.83. The first-order valence-corrected chi connectivity index (χ1v) is 7.46. The van der Waals surface area contributed by atoms with E-state index in [2.05, 4.69) is 37.4 Å². The third-order valence-corrected chi connectivity index (χ3v) is 7.23. The Balaban J connectivity index is 2.10. The number of aliphatic hydroxyl groups excluding tert-OH is 1. The molecule has 1 N–H and O–H groups in total. The first-order valence-electron chi connectivity index (χ1n) is 5.49. The van der Waals surface area contributed by atoms with Crippen LogP contribution in [0.4, 0.5) is 0 Å². The molecule has 0 amide bonds. The van der Waals surface area contributed by atoms with Gasteiger partial charge in [0, 0.05) is 6.61 Å². The van der Waals surface area contributed by atoms with Crippen molar-refractivity contribution in [3.05, 3.63) is 0 Å². The highest BCUT2D eigenvalue weighted by Crippen LogP contribution is 2.60. The van der Waals surface area contributed by atoms with Crippen molar-refractivity contribution in [3.8, 4) is 0 Å². The summed E-state index contributed by atoms with van der Waals surface area (Å²) in [5.41, 5.74) is 0.178. The first-order chi connectivity index (χ1) is 6.60. The summed E-state index contributed by atoms with van der Waals surface area (Å²) in [5.74, 6) is 3.31. The normalized spacial score (nSPS) is 41.8. The maximum absolute atomic E-state index is 9.49. The monoisotopic (exact) mass is 232 g/mol. The number of thioether (sulfide) groups is 2. The van der Waals surface area contributed by atoms with Gasteiger partial charge in [-0.3, -0.25) is 0 Å². The number of aliphatic hydroxyl groups is 1. The highest BCUT2D eigenvalue weighted by molar-refractivity contribution is 8.18. The largest absolute Gasteiger partial charge is 0.396 e. The van der Waals surface area contributed by atoms with Crippen LogP contribution in [0.25, 0.3) is 0 Å². The number of rotatable bonds is 1. The second-order valence-corrected chi connectivity index (χ2v) is 8.27. The fourth-order valence-electron chi connectivity index (χ4n) is 2.62. The lowest BCUT2D eigenvalue weighted by Crippen LogP contribution is -2.27. The maximum Gasteiger partial charge on any atom is 0.0620 e. The SMILES string of the molecule is C[C@@H]1CC2(C[C@@]1(C)CO)SCCCS2. The van der Waals surface area contributed by atoms with Crippen LogP contribution in [0, 0.1) is 11.3 Å². The van der Waals surface area contributed by atoms with E-state index < -0.39 is 0 Å². The molecular formula is C11H20OS2. The van der Waals surface area contributed by atoms with Gasteiger partial charge in [0.15, 0.2) is 0 Å². The molecule has 0 bridgehead atoms. The van der Waals surface area contributed by atoms with Gasteiger partial charge < -0.3 is 5.11 Å². The van der Waals surface area contributed by atoms with Crippen molar-refractivity contribution in [2.24, 2.45) is 11.3 Å². The highest BCUT2D eigenvalue weighted by atomic mass is 32.2. The molecule has 0 aromatic heterocycles. The molecule has 2 fully saturated rings. The lowest BCUT2D eigenvalue weighted by atomic mass is 9.82. The van der Waals surface area contributed by atoms with Crippen LogP contribution in [0.15, 0.2) is 0 Å². The van der Waals surface area contributed by atoms with E-state index in [9.17, 15) is 5.11 Å². The van der Waals surface area contributed by atoms with E-state index in [0.717, 1.165) is 0 Å². The van der Waals surface area contributed by atoms with Crippen LogP contribution in [-0.2, 0) is 0 Å². The molecule has 0 radical (unpaired) electrons. The first kappa shape index (κ1) is 11.2. The molecule has 1 saturated carbocycles. The molecule has 82 valence electrons. The van der Waals surface area contributed by atoms with E-state index in [1.807, 2.05) is 0 Å². The quantitative estimate of drug-likeness (QED) is 0.750. The fourth-order valence-corrected chi connectivity index (χ4v) is 6.56. The van der Waals surface area contributed by atoms with E-state index in [1.54, 1.807) is 0 Å². The summed E-state index contributed by atoms with van der Waals surface area (Å²) in [4.78, 5) is 0. The second kappa shape index (κ2) is 3.91. The zero-order valence-electron chi connectivity index (χ0n) is 9.08. The Morgan fingerprint density at radius 2 is 2.00 bits per heavy atom. The summed E-state index contributed by atoms with van der Waals surface area (Å²) in [6.45, 7) is 4.92. The van der Waals surface area contributed by atoms with Crippen molar-refractivity contribution in [1.29, 1.82) is 0 Å². The van der Waals surface area contributed by atoms with Crippen molar-refractivity contribution in [1.82, 2.24) is 0 Å². The zero-order valence-corrected chi connectivity index (χ0v) is 10.7. The Labute approximate surface area is 95.4 Å². The summed E-state index contributed by atoms with van der Waals surface area (Å²) in [7, 11) is 0. The lowest BCUT2D eigenvalue weighted by Gasteiger charge is -2.33. The maximum atomic E-state index is 9.49. The Bertz CT molecular complexity index is 213. The minimum absolute atomic E-state index is 0.178. The molecule has 1 heterocycles. The summed E-state index contributed by atoms with van der Waals surface area (Å²) >= 11 is 4.29. The molecule has 2 rings (SSSR count). The van der Waals surface area contributed by atoms with E-state index in [1.165, 1.54) is 30.8 Å². The van der Waals surface area contributed by atoms with Gasteiger partial charge in [-0.05, 0) is 42.1 Å². The molecule has 2 aliphatic rings. The molecular weight excluding hydrogens is 212 g/mol. The third-order valence-electron chi connectivity index (χ3n) is 3.86. The molecule has 1 saturated heterocycles. The fraction of sp³-hybridized carbons (Fsp3) is 1.00. The van der Waals surface area contributed by atoms with Gasteiger partial charge in [-0.25, -0.2) is 0 Å². The lowest BCUT2D eigenvalue weighted by molar-refractivity contribution is 0.110. The smallest absolute Gasteiger partial charge is 0.0620 e. The average molecular weight is 232 g/mol. The van der Waals surface area contributed by atoms with Crippen molar-refractivity contribution in [2.75, 3.05) is 18.1 Å². The zero-order chi connectivity index (χ0) is 10.2. The Morgan fingerprint density at radius 3 is 2.50 bits per heavy atom. The topological polar surface area (TPSA) is 20.2 Å². The van der Waals surface area contributed by atoms with E-state index in [-0.39, 0.29) is 5.41 Å². The van der Waals surface area contributed by atoms with Gasteiger partial charge in [-0.1, -0.05) is 13.8 Å². The molecule has 2 atom stereocenters. The summed E-state index contributed by atoms with van der Waals surface area (Å²) in [6, 6.07) is 0. The standard InChI is InChI=1S/C11H20OS2/c1-9-6-11(7-10(9,2)8-12)13-4-3-5-14-11/h9,12H,3-8H2,1-2H3/t9-,10+/m1/s1. The minimum Gasteiger partial charge on any atom is -0.396 e. The van der Waals surface area contributed by atoms with Crippen LogP contribution < -0.4 is 0 Å². The predicted molar refractivity (Wildman–Crippen MR) is 65.9 cm³/mol. The summed E-state index contributed by atoms with van der Waals surface area (Å²) in [5, 5.41) is 9.49. The predicted octanol–water partition coefficient (Wildman–Crippen LogP) is 2.98. The van der Waals surface area contributed by atoms with Gasteiger partial charge in [-0.2, -0.15) is 0 Å². The van der Waals surface area contributed by atoms with Gasteiger partial charge in [0.1, 0.15) is 0 Å². The molecule has 0 aromatic carbocycles. The second-order valence-electron chi connectivity index (χ2n) is 5.06. The molecule has 1 nitrogen and oxygen atoms in total. The van der Waals surface area contributed by atoms with Gasteiger partial charge >= 0.3 is 0 Å². The van der Waals surface area contributed by atoms with Crippen molar-refractivity contribution >= 4 is 23.5 Å². The molecule has 1 spiro atoms. The van der Waals surface area contributed by atoms with Crippen LogP contribution in [-0.4, -0.2) is 27.3 Å². The summed E-state index contributed by atoms with van der Waals surface area (Å²) < 4.78 is 0.454. The number of hydrogen-bond donors (Lipinski definition) is 1. The van der Waals surface area contributed by atoms with E-state index >= 15 is 0 Å². The van der Waals surface area contributed by atoms with Gasteiger partial charge in [0.05, 0.1) is 4.08 Å². The van der Waals surface area contributed by atoms with E-state index in [4.69, 9.17) is 0 Å². The molecule has 14 heavy (non-hydrogen) atoms. The van der Waals surface area contributed by atoms with Gasteiger partial charge in [0.2, 0.25) is 0 Å². The minimum atomic E-state index is 0.178. The van der Waals surface area contributed by atoms with Crippen LogP contribution in [0.2, 0.25) is 0 Å². The van der Waals surface area contributed by atoms with Crippen molar-refractivity contribution in [3.63, 3.8) is 0 Å². The Morgan fingerprint density at radius 1 is 1.36 bits per heavy atom. The van der Waals surface area contributed by atoms with Crippen LogP contribution >= 0.6 is 23.5 Å². The van der Waals surface area contributed by atoms with E-state index in [0.29, 0.717) is 16.6 Å². The molecule has 1 aliphatic carbocycles.